The van der Waals surface area contributed by atoms with Gasteiger partial charge >= 0.3 is 0 Å². The predicted octanol–water partition coefficient (Wildman–Crippen LogP) is 3.80. The number of rotatable bonds is 2. The summed E-state index contributed by atoms with van der Waals surface area (Å²) in [5.41, 5.74) is 0.672. The third kappa shape index (κ3) is 2.98. The number of hydrogen-bond acceptors (Lipinski definition) is 3. The van der Waals surface area contributed by atoms with Gasteiger partial charge in [0.15, 0.2) is 5.15 Å². The van der Waals surface area contributed by atoms with E-state index in [9.17, 15) is 4.79 Å². The molecule has 1 N–H and O–H groups in total. The van der Waals surface area contributed by atoms with Gasteiger partial charge in [0.1, 0.15) is 0 Å². The van der Waals surface area contributed by atoms with Crippen LogP contribution in [0.3, 0.4) is 0 Å². The molecule has 2 rings (SSSR count). The molecule has 0 aliphatic heterocycles. The van der Waals surface area contributed by atoms with Crippen LogP contribution in [-0.4, -0.2) is 15.9 Å². The highest BCUT2D eigenvalue weighted by molar-refractivity contribution is 9.10. The van der Waals surface area contributed by atoms with Crippen molar-refractivity contribution in [2.45, 2.75) is 0 Å². The molecular weight excluding hydrogens is 341 g/mol. The number of halogens is 3. The maximum atomic E-state index is 12.0. The summed E-state index contributed by atoms with van der Waals surface area (Å²) in [5.74, 6) is -0.394. The Balaban J connectivity index is 2.27. The Labute approximate surface area is 121 Å². The van der Waals surface area contributed by atoms with Crippen molar-refractivity contribution >= 4 is 50.7 Å². The van der Waals surface area contributed by atoms with Gasteiger partial charge in [0, 0.05) is 23.1 Å². The van der Waals surface area contributed by atoms with Crippen LogP contribution in [0.2, 0.25) is 10.2 Å². The Kier molecular flexibility index (Phi) is 4.16. The minimum Gasteiger partial charge on any atom is -0.319 e. The molecule has 0 bridgehead atoms. The second kappa shape index (κ2) is 5.65. The standard InChI is InChI=1S/C11H6BrCl2N3O/c12-6-3-9(10(14)16-4-6)17-11(18)7-5-15-2-1-8(7)13/h1-5H,(H,17,18). The number of nitrogens with one attached hydrogen (secondary N) is 1. The molecule has 0 atom stereocenters. The maximum Gasteiger partial charge on any atom is 0.258 e. The van der Waals surface area contributed by atoms with Gasteiger partial charge in [-0.15, -0.1) is 0 Å². The first kappa shape index (κ1) is 13.3. The summed E-state index contributed by atoms with van der Waals surface area (Å²) < 4.78 is 0.708. The highest BCUT2D eigenvalue weighted by Gasteiger charge is 2.12. The fourth-order valence-corrected chi connectivity index (χ4v) is 1.92. The van der Waals surface area contributed by atoms with E-state index in [1.807, 2.05) is 0 Å². The summed E-state index contributed by atoms with van der Waals surface area (Å²) in [4.78, 5) is 19.7. The Morgan fingerprint density at radius 2 is 2.11 bits per heavy atom. The van der Waals surface area contributed by atoms with E-state index in [0.717, 1.165) is 0 Å². The lowest BCUT2D eigenvalue weighted by Crippen LogP contribution is -2.13. The van der Waals surface area contributed by atoms with Gasteiger partial charge in [-0.2, -0.15) is 0 Å². The summed E-state index contributed by atoms with van der Waals surface area (Å²) >= 11 is 15.0. The summed E-state index contributed by atoms with van der Waals surface area (Å²) in [6.07, 6.45) is 4.43. The van der Waals surface area contributed by atoms with Gasteiger partial charge in [0.2, 0.25) is 0 Å². The van der Waals surface area contributed by atoms with E-state index in [-0.39, 0.29) is 10.7 Å². The van der Waals surface area contributed by atoms with Crippen molar-refractivity contribution in [1.82, 2.24) is 9.97 Å². The van der Waals surface area contributed by atoms with Gasteiger partial charge < -0.3 is 5.32 Å². The minimum atomic E-state index is -0.394. The minimum absolute atomic E-state index is 0.201. The van der Waals surface area contributed by atoms with Gasteiger partial charge in [-0.25, -0.2) is 4.98 Å². The van der Waals surface area contributed by atoms with Crippen molar-refractivity contribution in [3.05, 3.63) is 50.9 Å². The predicted molar refractivity (Wildman–Crippen MR) is 74.1 cm³/mol. The van der Waals surface area contributed by atoms with Crippen molar-refractivity contribution in [2.75, 3.05) is 5.32 Å². The zero-order valence-corrected chi connectivity index (χ0v) is 11.9. The molecule has 0 saturated heterocycles. The van der Waals surface area contributed by atoms with Crippen LogP contribution in [0, 0.1) is 0 Å². The lowest BCUT2D eigenvalue weighted by molar-refractivity contribution is 0.102. The molecule has 92 valence electrons. The van der Waals surface area contributed by atoms with Gasteiger partial charge in [0.25, 0.3) is 5.91 Å². The summed E-state index contributed by atoms with van der Waals surface area (Å²) in [7, 11) is 0. The van der Waals surface area contributed by atoms with Crippen LogP contribution in [0.15, 0.2) is 35.2 Å². The molecule has 7 heteroatoms. The van der Waals surface area contributed by atoms with Gasteiger partial charge in [-0.3, -0.25) is 9.78 Å². The Hall–Kier alpha value is -1.17. The smallest absolute Gasteiger partial charge is 0.258 e. The van der Waals surface area contributed by atoms with Crippen LogP contribution in [0.25, 0.3) is 0 Å². The second-order valence-electron chi connectivity index (χ2n) is 3.30. The molecule has 18 heavy (non-hydrogen) atoms. The van der Waals surface area contributed by atoms with Crippen molar-refractivity contribution in [2.24, 2.45) is 0 Å². The number of hydrogen-bond donors (Lipinski definition) is 1. The molecule has 0 aliphatic carbocycles. The SMILES string of the molecule is O=C(Nc1cc(Br)cnc1Cl)c1cnccc1Cl. The molecule has 2 heterocycles. The Morgan fingerprint density at radius 3 is 2.83 bits per heavy atom. The third-order valence-corrected chi connectivity index (χ3v) is 3.13. The number of pyridine rings is 2. The van der Waals surface area contributed by atoms with Crippen molar-refractivity contribution < 1.29 is 4.79 Å². The number of carbonyl (C=O) groups is 1. The molecule has 2 aromatic rings. The number of carbonyl (C=O) groups excluding carboxylic acids is 1. The summed E-state index contributed by atoms with van der Waals surface area (Å²) in [6.45, 7) is 0. The van der Waals surface area contributed by atoms with Crippen LogP contribution < -0.4 is 5.32 Å². The lowest BCUT2D eigenvalue weighted by atomic mass is 10.2. The topological polar surface area (TPSA) is 54.9 Å². The normalized spacial score (nSPS) is 10.2. The van der Waals surface area contributed by atoms with Gasteiger partial charge in [-0.05, 0) is 28.1 Å². The zero-order valence-electron chi connectivity index (χ0n) is 8.82. The molecule has 1 amide bonds. The van der Waals surface area contributed by atoms with E-state index in [0.29, 0.717) is 15.2 Å². The van der Waals surface area contributed by atoms with Crippen molar-refractivity contribution in [3.8, 4) is 0 Å². The van der Waals surface area contributed by atoms with E-state index in [4.69, 9.17) is 23.2 Å². The zero-order chi connectivity index (χ0) is 13.1. The molecule has 0 fully saturated rings. The second-order valence-corrected chi connectivity index (χ2v) is 4.98. The van der Waals surface area contributed by atoms with E-state index >= 15 is 0 Å². The van der Waals surface area contributed by atoms with Gasteiger partial charge in [0.05, 0.1) is 16.3 Å². The monoisotopic (exact) mass is 345 g/mol. The average molecular weight is 347 g/mol. The maximum absolute atomic E-state index is 12.0. The number of amides is 1. The van der Waals surface area contributed by atoms with Crippen LogP contribution in [0.1, 0.15) is 10.4 Å². The van der Waals surface area contributed by atoms with Crippen LogP contribution in [0.5, 0.6) is 0 Å². The summed E-state index contributed by atoms with van der Waals surface area (Å²) in [6, 6.07) is 3.19. The van der Waals surface area contributed by atoms with E-state index < -0.39 is 5.91 Å². The Morgan fingerprint density at radius 1 is 1.33 bits per heavy atom. The fraction of sp³-hybridized carbons (Fsp3) is 0. The molecule has 0 unspecified atom stereocenters. The number of anilines is 1. The molecule has 0 radical (unpaired) electrons. The first-order valence-electron chi connectivity index (χ1n) is 4.80. The molecule has 4 nitrogen and oxygen atoms in total. The van der Waals surface area contributed by atoms with Gasteiger partial charge in [-0.1, -0.05) is 23.2 Å². The molecule has 0 saturated carbocycles. The van der Waals surface area contributed by atoms with Crippen molar-refractivity contribution in [1.29, 1.82) is 0 Å². The van der Waals surface area contributed by atoms with Crippen LogP contribution in [0.4, 0.5) is 5.69 Å². The highest BCUT2D eigenvalue weighted by Crippen LogP contribution is 2.24. The first-order chi connectivity index (χ1) is 8.58. The molecule has 0 aromatic carbocycles. The quantitative estimate of drug-likeness (QED) is 0.841. The highest BCUT2D eigenvalue weighted by atomic mass is 79.9. The van der Waals surface area contributed by atoms with E-state index in [2.05, 4.69) is 31.2 Å². The van der Waals surface area contributed by atoms with Crippen LogP contribution in [-0.2, 0) is 0 Å². The van der Waals surface area contributed by atoms with Crippen LogP contribution >= 0.6 is 39.1 Å². The molecular formula is C11H6BrCl2N3O. The molecule has 2 aromatic heterocycles. The fourth-order valence-electron chi connectivity index (χ4n) is 1.24. The Bertz CT molecular complexity index is 607. The molecule has 0 spiro atoms. The third-order valence-electron chi connectivity index (χ3n) is 2.07. The van der Waals surface area contributed by atoms with E-state index in [1.165, 1.54) is 24.7 Å². The number of aromatic nitrogens is 2. The summed E-state index contributed by atoms with van der Waals surface area (Å²) in [5, 5.41) is 3.14. The lowest BCUT2D eigenvalue weighted by Gasteiger charge is -2.07. The first-order valence-corrected chi connectivity index (χ1v) is 6.34. The van der Waals surface area contributed by atoms with Crippen molar-refractivity contribution in [3.63, 3.8) is 0 Å². The van der Waals surface area contributed by atoms with E-state index in [1.54, 1.807) is 6.07 Å². The molecule has 0 aliphatic rings. The number of nitrogens with zero attached hydrogens (tertiary/aromatic N) is 2. The largest absolute Gasteiger partial charge is 0.319 e. The average Bonchev–Trinajstić information content (AvgIpc) is 2.34.